The van der Waals surface area contributed by atoms with Gasteiger partial charge in [-0.05, 0) is 38.1 Å². The number of nitrogens with one attached hydrogen (secondary N) is 1. The lowest BCUT2D eigenvalue weighted by molar-refractivity contribution is -0.137. The molecule has 0 saturated carbocycles. The van der Waals surface area contributed by atoms with Crippen LogP contribution in [0.15, 0.2) is 41.2 Å². The van der Waals surface area contributed by atoms with Crippen LogP contribution in [0.3, 0.4) is 0 Å². The fourth-order valence-corrected chi connectivity index (χ4v) is 3.64. The van der Waals surface area contributed by atoms with Crippen molar-refractivity contribution in [3.63, 3.8) is 0 Å². The Bertz CT molecular complexity index is 1320. The van der Waals surface area contributed by atoms with Crippen LogP contribution in [0.5, 0.6) is 0 Å². The highest BCUT2D eigenvalue weighted by atomic mass is 32.2. The van der Waals surface area contributed by atoms with Crippen LogP contribution in [-0.2, 0) is 27.3 Å². The third-order valence-corrected chi connectivity index (χ3v) is 5.78. The lowest BCUT2D eigenvalue weighted by Crippen LogP contribution is -2.29. The molecule has 1 aromatic carbocycles. The summed E-state index contributed by atoms with van der Waals surface area (Å²) in [4.78, 5) is 21.9. The minimum atomic E-state index is -4.45. The second kappa shape index (κ2) is 10.1. The number of hydrogen-bond donors (Lipinski definition) is 1. The SMILES string of the molecule is CC(C)OCCn1c(=O)c(NCCS(C)(=O)=O)nc2ccc(-c3ccc(C(F)(F)F)cc3)nc21. The Kier molecular flexibility index (Phi) is 7.61. The Morgan fingerprint density at radius 3 is 2.35 bits per heavy atom. The van der Waals surface area contributed by atoms with Crippen molar-refractivity contribution in [1.82, 2.24) is 14.5 Å². The molecule has 3 aromatic rings. The molecule has 0 atom stereocenters. The number of anilines is 1. The highest BCUT2D eigenvalue weighted by Crippen LogP contribution is 2.31. The summed E-state index contributed by atoms with van der Waals surface area (Å²) >= 11 is 0. The number of pyridine rings is 1. The molecule has 0 fully saturated rings. The molecule has 0 aliphatic heterocycles. The van der Waals surface area contributed by atoms with Crippen LogP contribution < -0.4 is 10.9 Å². The first kappa shape index (κ1) is 25.6. The van der Waals surface area contributed by atoms with E-state index in [1.807, 2.05) is 13.8 Å². The topological polar surface area (TPSA) is 103 Å². The number of halogens is 3. The third-order valence-electron chi connectivity index (χ3n) is 4.83. The van der Waals surface area contributed by atoms with Gasteiger partial charge in [0.2, 0.25) is 0 Å². The molecule has 0 spiro atoms. The van der Waals surface area contributed by atoms with Gasteiger partial charge in [0.25, 0.3) is 5.56 Å². The van der Waals surface area contributed by atoms with Crippen LogP contribution >= 0.6 is 0 Å². The zero-order valence-corrected chi connectivity index (χ0v) is 19.7. The molecular formula is C22H25F3N4O4S. The van der Waals surface area contributed by atoms with Gasteiger partial charge in [-0.25, -0.2) is 18.4 Å². The summed E-state index contributed by atoms with van der Waals surface area (Å²) in [5.41, 5.74) is 0.142. The van der Waals surface area contributed by atoms with Gasteiger partial charge >= 0.3 is 6.18 Å². The summed E-state index contributed by atoms with van der Waals surface area (Å²) in [6.07, 6.45) is -3.42. The first-order chi connectivity index (χ1) is 15.8. The Balaban J connectivity index is 2.02. The molecule has 2 aromatic heterocycles. The molecule has 2 heterocycles. The Morgan fingerprint density at radius 2 is 1.76 bits per heavy atom. The van der Waals surface area contributed by atoms with Gasteiger partial charge in [-0.1, -0.05) is 12.1 Å². The zero-order chi connectivity index (χ0) is 25.1. The maximum Gasteiger partial charge on any atom is 0.416 e. The molecule has 12 heteroatoms. The molecule has 0 aliphatic carbocycles. The van der Waals surface area contributed by atoms with Crippen LogP contribution in [-0.4, -0.2) is 54.2 Å². The van der Waals surface area contributed by atoms with E-state index in [9.17, 15) is 26.4 Å². The van der Waals surface area contributed by atoms with Crippen LogP contribution in [0.1, 0.15) is 19.4 Å². The van der Waals surface area contributed by atoms with Crippen LogP contribution in [0.25, 0.3) is 22.4 Å². The highest BCUT2D eigenvalue weighted by molar-refractivity contribution is 7.90. The maximum absolute atomic E-state index is 13.1. The first-order valence-electron chi connectivity index (χ1n) is 10.5. The first-order valence-corrected chi connectivity index (χ1v) is 12.5. The second-order valence-corrected chi connectivity index (χ2v) is 10.3. The number of nitrogens with zero attached hydrogens (tertiary/aromatic N) is 3. The van der Waals surface area contributed by atoms with E-state index in [0.717, 1.165) is 18.4 Å². The van der Waals surface area contributed by atoms with Crippen molar-refractivity contribution in [3.05, 3.63) is 52.3 Å². The van der Waals surface area contributed by atoms with E-state index in [0.29, 0.717) is 16.8 Å². The number of ether oxygens (including phenoxy) is 1. The van der Waals surface area contributed by atoms with Crippen molar-refractivity contribution in [2.24, 2.45) is 0 Å². The van der Waals surface area contributed by atoms with Crippen molar-refractivity contribution in [2.45, 2.75) is 32.7 Å². The van der Waals surface area contributed by atoms with E-state index in [2.05, 4.69) is 15.3 Å². The summed E-state index contributed by atoms with van der Waals surface area (Å²) in [5.74, 6) is -0.196. The van der Waals surface area contributed by atoms with Crippen LogP contribution in [0.4, 0.5) is 19.0 Å². The number of aromatic nitrogens is 3. The van der Waals surface area contributed by atoms with E-state index in [4.69, 9.17) is 4.74 Å². The van der Waals surface area contributed by atoms with Crippen molar-refractivity contribution in [3.8, 4) is 11.3 Å². The molecule has 8 nitrogen and oxygen atoms in total. The summed E-state index contributed by atoms with van der Waals surface area (Å²) in [6.45, 7) is 4.08. The predicted molar refractivity (Wildman–Crippen MR) is 124 cm³/mol. The Hall–Kier alpha value is -2.99. The largest absolute Gasteiger partial charge is 0.416 e. The van der Waals surface area contributed by atoms with Crippen molar-refractivity contribution < 1.29 is 26.3 Å². The lowest BCUT2D eigenvalue weighted by atomic mass is 10.1. The third kappa shape index (κ3) is 6.54. The van der Waals surface area contributed by atoms with Gasteiger partial charge in [-0.3, -0.25) is 9.36 Å². The number of fused-ring (bicyclic) bond motifs is 1. The second-order valence-electron chi connectivity index (χ2n) is 8.01. The van der Waals surface area contributed by atoms with Crippen molar-refractivity contribution in [2.75, 3.05) is 30.5 Å². The molecule has 0 aliphatic rings. The van der Waals surface area contributed by atoms with Gasteiger partial charge in [0.05, 0.1) is 36.3 Å². The van der Waals surface area contributed by atoms with Gasteiger partial charge in [-0.15, -0.1) is 0 Å². The van der Waals surface area contributed by atoms with E-state index in [1.54, 1.807) is 12.1 Å². The number of alkyl halides is 3. The number of rotatable bonds is 9. The molecule has 0 saturated heterocycles. The van der Waals surface area contributed by atoms with E-state index in [1.165, 1.54) is 16.7 Å². The molecule has 34 heavy (non-hydrogen) atoms. The smallest absolute Gasteiger partial charge is 0.377 e. The normalized spacial score (nSPS) is 12.4. The van der Waals surface area contributed by atoms with Gasteiger partial charge < -0.3 is 10.1 Å². The van der Waals surface area contributed by atoms with Gasteiger partial charge in [-0.2, -0.15) is 13.2 Å². The Labute approximate surface area is 194 Å². The Morgan fingerprint density at radius 1 is 1.09 bits per heavy atom. The summed E-state index contributed by atoms with van der Waals surface area (Å²) in [6, 6.07) is 7.77. The monoisotopic (exact) mass is 498 g/mol. The lowest BCUT2D eigenvalue weighted by Gasteiger charge is -2.15. The van der Waals surface area contributed by atoms with Gasteiger partial charge in [0.15, 0.2) is 11.5 Å². The molecule has 0 bridgehead atoms. The van der Waals surface area contributed by atoms with Crippen molar-refractivity contribution in [1.29, 1.82) is 0 Å². The number of benzene rings is 1. The molecule has 0 amide bonds. The minimum absolute atomic E-state index is 0.00609. The zero-order valence-electron chi connectivity index (χ0n) is 18.9. The standard InChI is InChI=1S/C22H25F3N4O4S/c1-14(2)33-12-11-29-20-18(27-19(21(29)30)26-10-13-34(3,31)32)9-8-17(28-20)15-4-6-16(7-5-15)22(23,24)25/h4-9,14H,10-13H2,1-3H3,(H,26,27). The molecule has 3 rings (SSSR count). The highest BCUT2D eigenvalue weighted by Gasteiger charge is 2.30. The summed E-state index contributed by atoms with van der Waals surface area (Å²) in [5, 5.41) is 2.77. The molecular weight excluding hydrogens is 473 g/mol. The summed E-state index contributed by atoms with van der Waals surface area (Å²) in [7, 11) is -3.23. The van der Waals surface area contributed by atoms with E-state index in [-0.39, 0.29) is 43.0 Å². The number of hydrogen-bond acceptors (Lipinski definition) is 7. The maximum atomic E-state index is 13.1. The fraction of sp³-hybridized carbons (Fsp3) is 0.409. The van der Waals surface area contributed by atoms with Crippen molar-refractivity contribution >= 4 is 26.8 Å². The van der Waals surface area contributed by atoms with E-state index >= 15 is 0 Å². The predicted octanol–water partition coefficient (Wildman–Crippen LogP) is 3.36. The average Bonchev–Trinajstić information content (AvgIpc) is 2.74. The van der Waals surface area contributed by atoms with E-state index < -0.39 is 27.1 Å². The molecule has 0 unspecified atom stereocenters. The molecule has 1 N–H and O–H groups in total. The number of sulfone groups is 1. The summed E-state index contributed by atoms with van der Waals surface area (Å²) < 4.78 is 68.4. The average molecular weight is 499 g/mol. The van der Waals surface area contributed by atoms with Crippen LogP contribution in [0, 0.1) is 0 Å². The van der Waals surface area contributed by atoms with Gasteiger partial charge in [0, 0.05) is 18.4 Å². The molecule has 184 valence electrons. The minimum Gasteiger partial charge on any atom is -0.377 e. The van der Waals surface area contributed by atoms with Crippen LogP contribution in [0.2, 0.25) is 0 Å². The quantitative estimate of drug-likeness (QED) is 0.483. The molecule has 0 radical (unpaired) electrons. The van der Waals surface area contributed by atoms with Gasteiger partial charge in [0.1, 0.15) is 15.4 Å². The fourth-order valence-electron chi connectivity index (χ4n) is 3.17.